The molecule has 2 amide bonds. The van der Waals surface area contributed by atoms with E-state index in [1.807, 2.05) is 29.8 Å². The Morgan fingerprint density at radius 3 is 2.61 bits per heavy atom. The molecular weight excluding hydrogens is 420 g/mol. The summed E-state index contributed by atoms with van der Waals surface area (Å²) in [5.41, 5.74) is 1.05. The van der Waals surface area contributed by atoms with Gasteiger partial charge in [0.1, 0.15) is 18.7 Å². The van der Waals surface area contributed by atoms with Crippen molar-refractivity contribution >= 4 is 17.6 Å². The highest BCUT2D eigenvalue weighted by molar-refractivity contribution is 5.99. The van der Waals surface area contributed by atoms with Gasteiger partial charge in [-0.25, -0.2) is 4.98 Å². The van der Waals surface area contributed by atoms with Gasteiger partial charge in [0.2, 0.25) is 5.91 Å². The minimum absolute atomic E-state index is 0.0468. The Balaban J connectivity index is 1.38. The summed E-state index contributed by atoms with van der Waals surface area (Å²) in [6, 6.07) is 6.00. The first kappa shape index (κ1) is 21.8. The predicted molar refractivity (Wildman–Crippen MR) is 121 cm³/mol. The summed E-state index contributed by atoms with van der Waals surface area (Å²) < 4.78 is 7.53. The topological polar surface area (TPSA) is 93.5 Å². The maximum absolute atomic E-state index is 13.8. The van der Waals surface area contributed by atoms with Crippen LogP contribution in [0.5, 0.6) is 0 Å². The van der Waals surface area contributed by atoms with Crippen molar-refractivity contribution < 1.29 is 19.1 Å². The number of hydrogen-bond donors (Lipinski definition) is 1. The molecule has 3 aliphatic rings. The average molecular weight is 451 g/mol. The summed E-state index contributed by atoms with van der Waals surface area (Å²) in [5, 5.41) is 3.05. The molecule has 1 aliphatic carbocycles. The molecule has 8 heteroatoms. The lowest BCUT2D eigenvalue weighted by Crippen LogP contribution is -2.57. The number of amides is 2. The maximum atomic E-state index is 13.8. The summed E-state index contributed by atoms with van der Waals surface area (Å²) in [7, 11) is 0. The molecule has 5 rings (SSSR count). The number of Topliss-reactive ketones (excluding diaryl/α,β-unsaturated/α-hetero) is 1. The van der Waals surface area contributed by atoms with E-state index in [1.165, 1.54) is 0 Å². The van der Waals surface area contributed by atoms with Gasteiger partial charge in [0.15, 0.2) is 5.78 Å². The first-order valence-corrected chi connectivity index (χ1v) is 11.7. The molecule has 0 unspecified atom stereocenters. The van der Waals surface area contributed by atoms with Crippen molar-refractivity contribution in [1.29, 1.82) is 0 Å². The van der Waals surface area contributed by atoms with Crippen LogP contribution in [-0.4, -0.2) is 63.4 Å². The van der Waals surface area contributed by atoms with E-state index in [9.17, 15) is 14.4 Å². The SMILES string of the molecule is C[C@@H]1CN(C(=O)[C@@H](NC(=O)c2ccc(-n3ccnc3)cc2)C2(C)CCCC2)[C@@H]2C(=O)CO[C@H]12. The second kappa shape index (κ2) is 8.41. The van der Waals surface area contributed by atoms with Gasteiger partial charge in [0.25, 0.3) is 5.91 Å². The highest BCUT2D eigenvalue weighted by Gasteiger charge is 2.54. The Labute approximate surface area is 193 Å². The quantitative estimate of drug-likeness (QED) is 0.755. The molecule has 4 atom stereocenters. The number of ketones is 1. The highest BCUT2D eigenvalue weighted by Crippen LogP contribution is 2.42. The fourth-order valence-corrected chi connectivity index (χ4v) is 5.70. The number of likely N-dealkylation sites (tertiary alicyclic amines) is 1. The Morgan fingerprint density at radius 1 is 1.21 bits per heavy atom. The van der Waals surface area contributed by atoms with Crippen LogP contribution < -0.4 is 5.32 Å². The van der Waals surface area contributed by atoms with E-state index in [0.29, 0.717) is 12.1 Å². The van der Waals surface area contributed by atoms with E-state index in [2.05, 4.69) is 17.2 Å². The van der Waals surface area contributed by atoms with E-state index < -0.39 is 12.1 Å². The van der Waals surface area contributed by atoms with Gasteiger partial charge in [-0.1, -0.05) is 26.7 Å². The molecule has 8 nitrogen and oxygen atoms in total. The summed E-state index contributed by atoms with van der Waals surface area (Å²) >= 11 is 0. The van der Waals surface area contributed by atoms with Crippen molar-refractivity contribution in [3.63, 3.8) is 0 Å². The summed E-state index contributed by atoms with van der Waals surface area (Å²) in [6.07, 6.45) is 8.77. The van der Waals surface area contributed by atoms with Crippen molar-refractivity contribution in [2.45, 2.75) is 57.7 Å². The van der Waals surface area contributed by atoms with Crippen LogP contribution in [0.4, 0.5) is 0 Å². The molecule has 1 aromatic heterocycles. The van der Waals surface area contributed by atoms with E-state index in [-0.39, 0.29) is 41.6 Å². The Bertz CT molecular complexity index is 1040. The monoisotopic (exact) mass is 450 g/mol. The van der Waals surface area contributed by atoms with Gasteiger partial charge >= 0.3 is 0 Å². The van der Waals surface area contributed by atoms with Crippen LogP contribution in [0.2, 0.25) is 0 Å². The van der Waals surface area contributed by atoms with Crippen molar-refractivity contribution in [2.75, 3.05) is 13.2 Å². The molecule has 0 radical (unpaired) electrons. The second-order valence-electron chi connectivity index (χ2n) is 9.94. The lowest BCUT2D eigenvalue weighted by atomic mass is 9.79. The van der Waals surface area contributed by atoms with Gasteiger partial charge < -0.3 is 19.5 Å². The molecule has 1 N–H and O–H groups in total. The first-order chi connectivity index (χ1) is 15.9. The number of carbonyl (C=O) groups is 3. The third-order valence-corrected chi connectivity index (χ3v) is 7.62. The fraction of sp³-hybridized carbons (Fsp3) is 0.520. The van der Waals surface area contributed by atoms with Crippen LogP contribution in [0.25, 0.3) is 5.69 Å². The Hall–Kier alpha value is -3.00. The number of benzene rings is 1. The maximum Gasteiger partial charge on any atom is 0.251 e. The number of aromatic nitrogens is 2. The van der Waals surface area contributed by atoms with Crippen LogP contribution >= 0.6 is 0 Å². The molecule has 2 aromatic rings. The number of nitrogens with zero attached hydrogens (tertiary/aromatic N) is 3. The van der Waals surface area contributed by atoms with Gasteiger partial charge in [-0.3, -0.25) is 14.4 Å². The van der Waals surface area contributed by atoms with Crippen LogP contribution in [0, 0.1) is 11.3 Å². The number of rotatable bonds is 5. The number of fused-ring (bicyclic) bond motifs is 1. The molecule has 174 valence electrons. The summed E-state index contributed by atoms with van der Waals surface area (Å²) in [6.45, 7) is 4.62. The lowest BCUT2D eigenvalue weighted by molar-refractivity contribution is -0.140. The van der Waals surface area contributed by atoms with Crippen LogP contribution in [-0.2, 0) is 14.3 Å². The zero-order valence-electron chi connectivity index (χ0n) is 19.1. The van der Waals surface area contributed by atoms with Gasteiger partial charge in [-0.05, 0) is 42.5 Å². The standard InChI is InChI=1S/C25H30N4O4/c1-16-13-29(20-19(30)14-33-21(16)20)24(32)22(25(2)9-3-4-10-25)27-23(31)17-5-7-18(8-6-17)28-12-11-26-15-28/h5-8,11-12,15-16,20-22H,3-4,9-10,13-14H2,1-2H3,(H,27,31)/t16-,20-,21-,22-/m1/s1. The molecule has 2 aliphatic heterocycles. The molecule has 0 spiro atoms. The molecule has 1 saturated carbocycles. The predicted octanol–water partition coefficient (Wildman–Crippen LogP) is 2.37. The van der Waals surface area contributed by atoms with Crippen LogP contribution in [0.1, 0.15) is 49.9 Å². The van der Waals surface area contributed by atoms with E-state index in [1.54, 1.807) is 29.6 Å². The third kappa shape index (κ3) is 3.86. The number of imidazole rings is 1. The van der Waals surface area contributed by atoms with Crippen molar-refractivity contribution in [3.05, 3.63) is 48.5 Å². The van der Waals surface area contributed by atoms with Crippen molar-refractivity contribution in [3.8, 4) is 5.69 Å². The van der Waals surface area contributed by atoms with Gasteiger partial charge in [-0.15, -0.1) is 0 Å². The molecule has 2 saturated heterocycles. The number of ether oxygens (including phenoxy) is 1. The van der Waals surface area contributed by atoms with Gasteiger partial charge in [0.05, 0.1) is 12.4 Å². The minimum atomic E-state index is -0.680. The zero-order valence-corrected chi connectivity index (χ0v) is 19.1. The molecule has 3 heterocycles. The van der Waals surface area contributed by atoms with Crippen LogP contribution in [0.3, 0.4) is 0 Å². The van der Waals surface area contributed by atoms with Gasteiger partial charge in [-0.2, -0.15) is 0 Å². The first-order valence-electron chi connectivity index (χ1n) is 11.7. The van der Waals surface area contributed by atoms with E-state index in [0.717, 1.165) is 31.4 Å². The largest absolute Gasteiger partial charge is 0.367 e. The Morgan fingerprint density at radius 2 is 1.94 bits per heavy atom. The van der Waals surface area contributed by atoms with Crippen molar-refractivity contribution in [2.24, 2.45) is 11.3 Å². The van der Waals surface area contributed by atoms with Crippen molar-refractivity contribution in [1.82, 2.24) is 19.8 Å². The normalized spacial score (nSPS) is 26.9. The Kier molecular flexibility index (Phi) is 5.56. The second-order valence-corrected chi connectivity index (χ2v) is 9.94. The third-order valence-electron chi connectivity index (χ3n) is 7.62. The number of nitrogens with one attached hydrogen (secondary N) is 1. The molecule has 0 bridgehead atoms. The molecule has 33 heavy (non-hydrogen) atoms. The van der Waals surface area contributed by atoms with Gasteiger partial charge in [0, 0.05) is 36.1 Å². The smallest absolute Gasteiger partial charge is 0.251 e. The minimum Gasteiger partial charge on any atom is -0.367 e. The molecule has 1 aromatic carbocycles. The molecular formula is C25H30N4O4. The highest BCUT2D eigenvalue weighted by atomic mass is 16.5. The average Bonchev–Trinajstić information content (AvgIpc) is 3.60. The lowest BCUT2D eigenvalue weighted by Gasteiger charge is -2.37. The summed E-state index contributed by atoms with van der Waals surface area (Å²) in [4.78, 5) is 45.3. The van der Waals surface area contributed by atoms with E-state index in [4.69, 9.17) is 4.74 Å². The zero-order chi connectivity index (χ0) is 23.2. The fourth-order valence-electron chi connectivity index (χ4n) is 5.70. The van der Waals surface area contributed by atoms with Crippen LogP contribution in [0.15, 0.2) is 43.0 Å². The summed E-state index contributed by atoms with van der Waals surface area (Å²) in [5.74, 6) is -0.402. The molecule has 3 fully saturated rings. The number of carbonyl (C=O) groups excluding carboxylic acids is 3. The number of hydrogen-bond acceptors (Lipinski definition) is 5. The van der Waals surface area contributed by atoms with E-state index >= 15 is 0 Å².